The van der Waals surface area contributed by atoms with E-state index in [4.69, 9.17) is 10.5 Å². The summed E-state index contributed by atoms with van der Waals surface area (Å²) in [6.45, 7) is 0.255. The molecular weight excluding hydrogens is 561 g/mol. The molecule has 0 aromatic heterocycles. The molecule has 41 heavy (non-hydrogen) atoms. The van der Waals surface area contributed by atoms with Crippen molar-refractivity contribution in [1.82, 2.24) is 14.9 Å². The van der Waals surface area contributed by atoms with Crippen molar-refractivity contribution >= 4 is 30.3 Å². The average molecular weight is 591 g/mol. The van der Waals surface area contributed by atoms with E-state index in [9.17, 15) is 27.6 Å². The molecule has 4 rings (SSSR count). The molecule has 1 heterocycles. The topological polar surface area (TPSA) is 96.2 Å². The fraction of sp³-hybridized carbons (Fsp3) is 0.276. The van der Waals surface area contributed by atoms with Crippen LogP contribution in [-0.4, -0.2) is 65.0 Å². The van der Waals surface area contributed by atoms with Gasteiger partial charge >= 0.3 is 6.09 Å². The van der Waals surface area contributed by atoms with Crippen LogP contribution < -0.4 is 5.73 Å². The molecule has 0 aliphatic carbocycles. The molecule has 1 aliphatic heterocycles. The van der Waals surface area contributed by atoms with Gasteiger partial charge in [0, 0.05) is 37.2 Å². The van der Waals surface area contributed by atoms with Crippen LogP contribution in [0.5, 0.6) is 0 Å². The number of ether oxygens (including phenoxy) is 1. The van der Waals surface area contributed by atoms with Crippen LogP contribution >= 0.6 is 12.4 Å². The minimum absolute atomic E-state index is 0. The number of rotatable bonds is 7. The number of hydrogen-bond donors (Lipinski definition) is 1. The summed E-state index contributed by atoms with van der Waals surface area (Å²) in [5.41, 5.74) is 7.08. The quantitative estimate of drug-likeness (QED) is 0.414. The molecular formula is C29H30ClF3N4O4. The molecule has 2 N–H and O–H groups in total. The predicted octanol–water partition coefficient (Wildman–Crippen LogP) is 4.32. The van der Waals surface area contributed by atoms with E-state index in [2.05, 4.69) is 0 Å². The molecule has 8 nitrogen and oxygen atoms in total. The van der Waals surface area contributed by atoms with Crippen molar-refractivity contribution in [1.29, 1.82) is 0 Å². The van der Waals surface area contributed by atoms with Crippen LogP contribution in [0, 0.1) is 17.5 Å². The number of halogens is 4. The van der Waals surface area contributed by atoms with Crippen LogP contribution in [0.1, 0.15) is 27.9 Å². The van der Waals surface area contributed by atoms with Crippen LogP contribution in [0.2, 0.25) is 0 Å². The first-order valence-corrected chi connectivity index (χ1v) is 12.7. The second-order valence-electron chi connectivity index (χ2n) is 9.36. The van der Waals surface area contributed by atoms with Gasteiger partial charge in [-0.3, -0.25) is 9.59 Å². The van der Waals surface area contributed by atoms with Gasteiger partial charge in [-0.05, 0) is 35.7 Å². The molecule has 1 saturated heterocycles. The van der Waals surface area contributed by atoms with Crippen LogP contribution in [-0.2, 0) is 22.6 Å². The SMILES string of the molecule is Cl.N[C@@H](CC(=O)N1CCN(C(=O)OCc2ccccc2)CCN1C(=O)c1ccccc1)Cc1cc(F)c(F)cc1F. The highest BCUT2D eigenvalue weighted by atomic mass is 35.5. The summed E-state index contributed by atoms with van der Waals surface area (Å²) in [6, 6.07) is 17.7. The molecule has 218 valence electrons. The molecule has 0 spiro atoms. The monoisotopic (exact) mass is 590 g/mol. The molecule has 0 saturated carbocycles. The molecule has 3 aromatic rings. The van der Waals surface area contributed by atoms with Gasteiger partial charge in [-0.15, -0.1) is 12.4 Å². The zero-order valence-electron chi connectivity index (χ0n) is 22.0. The second-order valence-corrected chi connectivity index (χ2v) is 9.36. The molecule has 0 bridgehead atoms. The molecule has 12 heteroatoms. The van der Waals surface area contributed by atoms with Crippen molar-refractivity contribution < 1.29 is 32.3 Å². The Bertz CT molecular complexity index is 1350. The first-order valence-electron chi connectivity index (χ1n) is 12.7. The third-order valence-corrected chi connectivity index (χ3v) is 6.47. The van der Waals surface area contributed by atoms with Gasteiger partial charge in [-0.2, -0.15) is 0 Å². The van der Waals surface area contributed by atoms with E-state index >= 15 is 0 Å². The minimum atomic E-state index is -1.32. The van der Waals surface area contributed by atoms with Crippen molar-refractivity contribution in [3.8, 4) is 0 Å². The van der Waals surface area contributed by atoms with E-state index < -0.39 is 41.4 Å². The summed E-state index contributed by atoms with van der Waals surface area (Å²) in [6.07, 6.45) is -1.13. The van der Waals surface area contributed by atoms with E-state index in [1.54, 1.807) is 30.3 Å². The summed E-state index contributed by atoms with van der Waals surface area (Å²) in [7, 11) is 0. The van der Waals surface area contributed by atoms with Crippen molar-refractivity contribution in [2.75, 3.05) is 26.2 Å². The molecule has 3 amide bonds. The number of amides is 3. The van der Waals surface area contributed by atoms with Crippen molar-refractivity contribution in [3.63, 3.8) is 0 Å². The third kappa shape index (κ3) is 8.21. The van der Waals surface area contributed by atoms with Crippen LogP contribution in [0.4, 0.5) is 18.0 Å². The standard InChI is InChI=1S/C29H29F3N4O4.ClH/c30-24-18-26(32)25(31)16-22(24)15-23(33)17-27(37)35-13-11-34(29(39)40-19-20-7-3-1-4-8-20)12-14-36(35)28(38)21-9-5-2-6-10-21;/h1-10,16,18,23H,11-15,17,19,33H2;1H/t23-;/m1./s1. The van der Waals surface area contributed by atoms with Gasteiger partial charge in [0.1, 0.15) is 12.4 Å². The molecule has 0 radical (unpaired) electrons. The van der Waals surface area contributed by atoms with Gasteiger partial charge in [0.2, 0.25) is 5.91 Å². The fourth-order valence-corrected chi connectivity index (χ4v) is 4.38. The normalized spacial score (nSPS) is 14.1. The molecule has 3 aromatic carbocycles. The summed E-state index contributed by atoms with van der Waals surface area (Å²) in [5.74, 6) is -4.51. The Balaban J connectivity index is 0.00000462. The van der Waals surface area contributed by atoms with Crippen LogP contribution in [0.15, 0.2) is 72.8 Å². The summed E-state index contributed by atoms with van der Waals surface area (Å²) < 4.78 is 46.5. The smallest absolute Gasteiger partial charge is 0.410 e. The van der Waals surface area contributed by atoms with E-state index in [1.807, 2.05) is 30.3 Å². The summed E-state index contributed by atoms with van der Waals surface area (Å²) in [4.78, 5) is 41.0. The highest BCUT2D eigenvalue weighted by molar-refractivity contribution is 5.95. The van der Waals surface area contributed by atoms with Gasteiger partial charge in [-0.25, -0.2) is 28.0 Å². The molecule has 1 atom stereocenters. The number of hydrogen-bond acceptors (Lipinski definition) is 5. The van der Waals surface area contributed by atoms with Crippen molar-refractivity contribution in [2.24, 2.45) is 5.73 Å². The average Bonchev–Trinajstić information content (AvgIpc) is 3.19. The first kappa shape index (κ1) is 31.4. The number of carbonyl (C=O) groups excluding carboxylic acids is 3. The lowest BCUT2D eigenvalue weighted by atomic mass is 10.0. The van der Waals surface area contributed by atoms with Gasteiger partial charge < -0.3 is 15.4 Å². The Morgan fingerprint density at radius 3 is 2.05 bits per heavy atom. The van der Waals surface area contributed by atoms with Crippen LogP contribution in [0.25, 0.3) is 0 Å². The zero-order chi connectivity index (χ0) is 28.6. The summed E-state index contributed by atoms with van der Waals surface area (Å²) >= 11 is 0. The Morgan fingerprint density at radius 1 is 0.805 bits per heavy atom. The van der Waals surface area contributed by atoms with Gasteiger partial charge in [0.05, 0.1) is 13.1 Å². The maximum atomic E-state index is 14.1. The number of hydrazine groups is 1. The Hall–Kier alpha value is -4.09. The van der Waals surface area contributed by atoms with Gasteiger partial charge in [-0.1, -0.05) is 48.5 Å². The van der Waals surface area contributed by atoms with E-state index in [0.717, 1.165) is 5.56 Å². The van der Waals surface area contributed by atoms with E-state index in [1.165, 1.54) is 14.9 Å². The lowest BCUT2D eigenvalue weighted by molar-refractivity contribution is -0.144. The zero-order valence-corrected chi connectivity index (χ0v) is 22.9. The third-order valence-electron chi connectivity index (χ3n) is 6.47. The summed E-state index contributed by atoms with van der Waals surface area (Å²) in [5, 5.41) is 2.48. The highest BCUT2D eigenvalue weighted by Crippen LogP contribution is 2.18. The maximum absolute atomic E-state index is 14.1. The van der Waals surface area contributed by atoms with Crippen molar-refractivity contribution in [3.05, 3.63) is 107 Å². The Labute approximate surface area is 241 Å². The minimum Gasteiger partial charge on any atom is -0.445 e. The van der Waals surface area contributed by atoms with Crippen molar-refractivity contribution in [2.45, 2.75) is 25.5 Å². The fourth-order valence-electron chi connectivity index (χ4n) is 4.38. The Morgan fingerprint density at radius 2 is 1.39 bits per heavy atom. The lowest BCUT2D eigenvalue weighted by Gasteiger charge is -2.33. The Kier molecular flexibility index (Phi) is 11.1. The largest absolute Gasteiger partial charge is 0.445 e. The highest BCUT2D eigenvalue weighted by Gasteiger charge is 2.33. The maximum Gasteiger partial charge on any atom is 0.410 e. The molecule has 1 fully saturated rings. The molecule has 1 aliphatic rings. The van der Waals surface area contributed by atoms with Gasteiger partial charge in [0.15, 0.2) is 11.6 Å². The van der Waals surface area contributed by atoms with E-state index in [0.29, 0.717) is 17.7 Å². The number of carbonyl (C=O) groups is 3. The lowest BCUT2D eigenvalue weighted by Crippen LogP contribution is -2.51. The second kappa shape index (κ2) is 14.5. The molecule has 0 unspecified atom stereocenters. The number of nitrogens with zero attached hydrogens (tertiary/aromatic N) is 3. The van der Waals surface area contributed by atoms with Gasteiger partial charge in [0.25, 0.3) is 5.91 Å². The number of benzene rings is 3. The number of nitrogens with two attached hydrogens (primary N) is 1. The van der Waals surface area contributed by atoms with Crippen LogP contribution in [0.3, 0.4) is 0 Å². The van der Waals surface area contributed by atoms with E-state index in [-0.39, 0.29) is 63.6 Å². The predicted molar refractivity (Wildman–Crippen MR) is 147 cm³/mol. The first-order chi connectivity index (χ1) is 19.2.